The number of carbonyl (C=O) groups excluding carboxylic acids is 1. The van der Waals surface area contributed by atoms with E-state index in [4.69, 9.17) is 5.73 Å². The molecule has 0 fully saturated rings. The summed E-state index contributed by atoms with van der Waals surface area (Å²) in [6.07, 6.45) is 3.38. The summed E-state index contributed by atoms with van der Waals surface area (Å²) < 4.78 is 0. The maximum atomic E-state index is 11.9. The predicted molar refractivity (Wildman–Crippen MR) is 60.4 cm³/mol. The van der Waals surface area contributed by atoms with E-state index in [0.717, 1.165) is 5.69 Å². The number of rotatable bonds is 5. The van der Waals surface area contributed by atoms with Gasteiger partial charge in [-0.25, -0.2) is 0 Å². The summed E-state index contributed by atoms with van der Waals surface area (Å²) in [4.78, 5) is 16.1. The van der Waals surface area contributed by atoms with Gasteiger partial charge in [0.2, 0.25) is 0 Å². The smallest absolute Gasteiger partial charge is 0.158 e. The Morgan fingerprint density at radius 3 is 2.53 bits per heavy atom. The van der Waals surface area contributed by atoms with E-state index in [-0.39, 0.29) is 5.78 Å². The summed E-state index contributed by atoms with van der Waals surface area (Å²) >= 11 is 0. The van der Waals surface area contributed by atoms with Crippen molar-refractivity contribution < 1.29 is 4.79 Å². The standard InChI is InChI=1S/C12H18N2O/c1-3-12(13,4-2)11(15)9-10-7-5-6-8-14-10/h5-8H,3-4,9,13H2,1-2H3. The molecule has 0 unspecified atom stereocenters. The van der Waals surface area contributed by atoms with Crippen LogP contribution in [0.1, 0.15) is 32.4 Å². The minimum atomic E-state index is -0.683. The average molecular weight is 206 g/mol. The molecule has 0 saturated carbocycles. The molecular weight excluding hydrogens is 188 g/mol. The number of nitrogens with zero attached hydrogens (tertiary/aromatic N) is 1. The molecule has 3 nitrogen and oxygen atoms in total. The molecule has 15 heavy (non-hydrogen) atoms. The molecule has 2 N–H and O–H groups in total. The van der Waals surface area contributed by atoms with Crippen molar-refractivity contribution in [2.75, 3.05) is 0 Å². The van der Waals surface area contributed by atoms with Crippen molar-refractivity contribution in [3.63, 3.8) is 0 Å². The molecule has 1 aromatic rings. The molecule has 3 heteroatoms. The summed E-state index contributed by atoms with van der Waals surface area (Å²) in [5.74, 6) is 0.0752. The number of nitrogens with two attached hydrogens (primary N) is 1. The van der Waals surface area contributed by atoms with Gasteiger partial charge in [-0.05, 0) is 25.0 Å². The largest absolute Gasteiger partial charge is 0.319 e. The molecule has 82 valence electrons. The molecule has 1 heterocycles. The maximum Gasteiger partial charge on any atom is 0.158 e. The minimum Gasteiger partial charge on any atom is -0.319 e. The molecule has 0 atom stereocenters. The van der Waals surface area contributed by atoms with Gasteiger partial charge in [0.1, 0.15) is 0 Å². The van der Waals surface area contributed by atoms with E-state index in [0.29, 0.717) is 19.3 Å². The number of ketones is 1. The van der Waals surface area contributed by atoms with Crippen molar-refractivity contribution in [2.45, 2.75) is 38.6 Å². The number of hydrogen-bond donors (Lipinski definition) is 1. The lowest BCUT2D eigenvalue weighted by molar-refractivity contribution is -0.123. The molecule has 0 aliphatic heterocycles. The molecule has 0 radical (unpaired) electrons. The van der Waals surface area contributed by atoms with Crippen LogP contribution in [0.25, 0.3) is 0 Å². The lowest BCUT2D eigenvalue weighted by Gasteiger charge is -2.24. The van der Waals surface area contributed by atoms with E-state index in [1.165, 1.54) is 0 Å². The van der Waals surface area contributed by atoms with Crippen LogP contribution in [-0.2, 0) is 11.2 Å². The Balaban J connectivity index is 2.71. The third kappa shape index (κ3) is 2.86. The van der Waals surface area contributed by atoms with Gasteiger partial charge >= 0.3 is 0 Å². The second kappa shape index (κ2) is 5.03. The van der Waals surface area contributed by atoms with Crippen molar-refractivity contribution in [2.24, 2.45) is 5.73 Å². The zero-order chi connectivity index (χ0) is 11.3. The first-order chi connectivity index (χ1) is 7.12. The van der Waals surface area contributed by atoms with E-state index >= 15 is 0 Å². The summed E-state index contributed by atoms with van der Waals surface area (Å²) in [6, 6.07) is 5.57. The quantitative estimate of drug-likeness (QED) is 0.798. The fraction of sp³-hybridized carbons (Fsp3) is 0.500. The van der Waals surface area contributed by atoms with Crippen LogP contribution in [0, 0.1) is 0 Å². The monoisotopic (exact) mass is 206 g/mol. The third-order valence-corrected chi connectivity index (χ3v) is 2.88. The van der Waals surface area contributed by atoms with Crippen LogP contribution in [0.3, 0.4) is 0 Å². The molecule has 0 aliphatic carbocycles. The molecule has 0 aliphatic rings. The number of hydrogen-bond acceptors (Lipinski definition) is 3. The fourth-order valence-corrected chi connectivity index (χ4v) is 1.49. The first-order valence-electron chi connectivity index (χ1n) is 5.34. The molecule has 0 aromatic carbocycles. The SMILES string of the molecule is CCC(N)(CC)C(=O)Cc1ccccn1. The third-order valence-electron chi connectivity index (χ3n) is 2.88. The van der Waals surface area contributed by atoms with Crippen LogP contribution < -0.4 is 5.73 Å². The minimum absolute atomic E-state index is 0.0752. The number of pyridine rings is 1. The average Bonchev–Trinajstić information content (AvgIpc) is 2.29. The van der Waals surface area contributed by atoms with Crippen LogP contribution in [0.5, 0.6) is 0 Å². The van der Waals surface area contributed by atoms with Gasteiger partial charge in [0.25, 0.3) is 0 Å². The van der Waals surface area contributed by atoms with Gasteiger partial charge in [-0.15, -0.1) is 0 Å². The second-order valence-corrected chi connectivity index (χ2v) is 3.78. The van der Waals surface area contributed by atoms with Crippen molar-refractivity contribution in [1.29, 1.82) is 0 Å². The summed E-state index contributed by atoms with van der Waals surface area (Å²) in [7, 11) is 0. The molecule has 0 amide bonds. The summed E-state index contributed by atoms with van der Waals surface area (Å²) in [5.41, 5.74) is 6.12. The van der Waals surface area contributed by atoms with Crippen LogP contribution in [0.2, 0.25) is 0 Å². The topological polar surface area (TPSA) is 56.0 Å². The van der Waals surface area contributed by atoms with Gasteiger partial charge in [0.05, 0.1) is 12.0 Å². The first-order valence-corrected chi connectivity index (χ1v) is 5.34. The Morgan fingerprint density at radius 1 is 1.40 bits per heavy atom. The van der Waals surface area contributed by atoms with Crippen LogP contribution in [0.15, 0.2) is 24.4 Å². The molecule has 1 rings (SSSR count). The maximum absolute atomic E-state index is 11.9. The van der Waals surface area contributed by atoms with Crippen molar-refractivity contribution in [1.82, 2.24) is 4.98 Å². The highest BCUT2D eigenvalue weighted by atomic mass is 16.1. The van der Waals surface area contributed by atoms with Crippen LogP contribution in [-0.4, -0.2) is 16.3 Å². The first kappa shape index (κ1) is 11.9. The number of aromatic nitrogens is 1. The Bertz CT molecular complexity index is 318. The highest BCUT2D eigenvalue weighted by Crippen LogP contribution is 2.14. The molecule has 1 aromatic heterocycles. The Hall–Kier alpha value is -1.22. The Morgan fingerprint density at radius 2 is 2.07 bits per heavy atom. The molecule has 0 saturated heterocycles. The highest BCUT2D eigenvalue weighted by Gasteiger charge is 2.29. The Labute approximate surface area is 90.7 Å². The van der Waals surface area contributed by atoms with E-state index < -0.39 is 5.54 Å². The van der Waals surface area contributed by atoms with E-state index in [1.54, 1.807) is 6.20 Å². The fourth-order valence-electron chi connectivity index (χ4n) is 1.49. The van der Waals surface area contributed by atoms with Gasteiger partial charge in [-0.2, -0.15) is 0 Å². The molecule has 0 spiro atoms. The van der Waals surface area contributed by atoms with E-state index in [2.05, 4.69) is 4.98 Å². The van der Waals surface area contributed by atoms with E-state index in [1.807, 2.05) is 32.0 Å². The lowest BCUT2D eigenvalue weighted by atomic mass is 9.87. The highest BCUT2D eigenvalue weighted by molar-refractivity contribution is 5.89. The van der Waals surface area contributed by atoms with E-state index in [9.17, 15) is 4.79 Å². The summed E-state index contributed by atoms with van der Waals surface area (Å²) in [6.45, 7) is 3.89. The number of Topliss-reactive ketones (excluding diaryl/α,β-unsaturated/α-hetero) is 1. The van der Waals surface area contributed by atoms with Crippen molar-refractivity contribution in [3.05, 3.63) is 30.1 Å². The Kier molecular flexibility index (Phi) is 3.97. The second-order valence-electron chi connectivity index (χ2n) is 3.78. The van der Waals surface area contributed by atoms with Crippen molar-refractivity contribution in [3.8, 4) is 0 Å². The van der Waals surface area contributed by atoms with Gasteiger partial charge < -0.3 is 5.73 Å². The van der Waals surface area contributed by atoms with Gasteiger partial charge in [-0.1, -0.05) is 19.9 Å². The zero-order valence-corrected chi connectivity index (χ0v) is 9.36. The molecular formula is C12H18N2O. The van der Waals surface area contributed by atoms with Gasteiger partial charge in [-0.3, -0.25) is 9.78 Å². The van der Waals surface area contributed by atoms with Crippen LogP contribution in [0.4, 0.5) is 0 Å². The predicted octanol–water partition coefficient (Wildman–Crippen LogP) is 1.71. The zero-order valence-electron chi connectivity index (χ0n) is 9.36. The summed E-state index contributed by atoms with van der Waals surface area (Å²) in [5, 5.41) is 0. The lowest BCUT2D eigenvalue weighted by Crippen LogP contribution is -2.47. The van der Waals surface area contributed by atoms with Gasteiger partial charge in [0, 0.05) is 11.9 Å². The normalized spacial score (nSPS) is 11.4. The number of carbonyl (C=O) groups is 1. The van der Waals surface area contributed by atoms with Crippen LogP contribution >= 0.6 is 0 Å². The van der Waals surface area contributed by atoms with Gasteiger partial charge in [0.15, 0.2) is 5.78 Å². The molecule has 0 bridgehead atoms. The van der Waals surface area contributed by atoms with Crippen molar-refractivity contribution >= 4 is 5.78 Å².